The highest BCUT2D eigenvalue weighted by Crippen LogP contribution is 2.36. The number of esters is 1. The molecule has 1 atom stereocenters. The molecular weight excluding hydrogens is 236 g/mol. The van der Waals surface area contributed by atoms with E-state index in [2.05, 4.69) is 14.7 Å². The molecule has 0 aromatic rings. The highest BCUT2D eigenvalue weighted by atomic mass is 16.5. The fourth-order valence-electron chi connectivity index (χ4n) is 1.53. The van der Waals surface area contributed by atoms with Crippen molar-refractivity contribution in [1.29, 1.82) is 0 Å². The molecule has 6 heteroatoms. The number of aliphatic carboxylic acids is 1. The van der Waals surface area contributed by atoms with Gasteiger partial charge in [-0.1, -0.05) is 20.8 Å². The van der Waals surface area contributed by atoms with Crippen LogP contribution in [0.2, 0.25) is 0 Å². The summed E-state index contributed by atoms with van der Waals surface area (Å²) in [5, 5.41) is 9.42. The van der Waals surface area contributed by atoms with Crippen molar-refractivity contribution in [3.63, 3.8) is 0 Å². The maximum atomic E-state index is 11.5. The Labute approximate surface area is 105 Å². The number of carbonyl (C=O) groups is 2. The normalized spacial score (nSPS) is 23.2. The summed E-state index contributed by atoms with van der Waals surface area (Å²) in [7, 11) is 1.21. The minimum absolute atomic E-state index is 0.0627. The third kappa shape index (κ3) is 2.32. The van der Waals surface area contributed by atoms with Crippen LogP contribution in [-0.4, -0.2) is 41.7 Å². The van der Waals surface area contributed by atoms with Gasteiger partial charge in [0, 0.05) is 11.6 Å². The van der Waals surface area contributed by atoms with E-state index in [-0.39, 0.29) is 5.71 Å². The Morgan fingerprint density at radius 3 is 2.44 bits per heavy atom. The van der Waals surface area contributed by atoms with Gasteiger partial charge < -0.3 is 9.84 Å². The number of rotatable bonds is 2. The molecule has 0 aliphatic carbocycles. The molecule has 0 radical (unpaired) electrons. The maximum absolute atomic E-state index is 11.5. The van der Waals surface area contributed by atoms with Crippen LogP contribution >= 0.6 is 0 Å². The van der Waals surface area contributed by atoms with Gasteiger partial charge in [0.2, 0.25) is 0 Å². The van der Waals surface area contributed by atoms with Crippen LogP contribution in [0.1, 0.15) is 20.8 Å². The van der Waals surface area contributed by atoms with E-state index < -0.39 is 23.0 Å². The van der Waals surface area contributed by atoms with Gasteiger partial charge in [-0.25, -0.2) is 14.6 Å². The van der Waals surface area contributed by atoms with Gasteiger partial charge in [-0.05, 0) is 12.2 Å². The number of methoxy groups -OCH3 is 1. The molecule has 1 rings (SSSR count). The van der Waals surface area contributed by atoms with E-state index >= 15 is 0 Å². The minimum atomic E-state index is -1.74. The largest absolute Gasteiger partial charge is 0.478 e. The Morgan fingerprint density at radius 1 is 1.39 bits per heavy atom. The van der Waals surface area contributed by atoms with Crippen LogP contribution in [-0.2, 0) is 14.3 Å². The van der Waals surface area contributed by atoms with E-state index in [1.807, 2.05) is 0 Å². The van der Waals surface area contributed by atoms with Crippen LogP contribution in [0.3, 0.4) is 0 Å². The number of carboxylic acid groups (broad SMARTS) is 1. The summed E-state index contributed by atoms with van der Waals surface area (Å²) in [6.07, 6.45) is 4.18. The molecule has 0 saturated heterocycles. The van der Waals surface area contributed by atoms with Crippen molar-refractivity contribution in [1.82, 2.24) is 0 Å². The minimum Gasteiger partial charge on any atom is -0.478 e. The van der Waals surface area contributed by atoms with Crippen molar-refractivity contribution in [3.8, 4) is 0 Å². The molecular formula is C12H16N2O4. The Morgan fingerprint density at radius 2 is 2.00 bits per heavy atom. The van der Waals surface area contributed by atoms with Gasteiger partial charge in [0.25, 0.3) is 5.66 Å². The molecule has 98 valence electrons. The van der Waals surface area contributed by atoms with E-state index in [4.69, 9.17) is 0 Å². The zero-order valence-corrected chi connectivity index (χ0v) is 10.8. The summed E-state index contributed by atoms with van der Waals surface area (Å²) in [5.74, 6) is -1.90. The molecule has 18 heavy (non-hydrogen) atoms. The molecule has 0 aromatic carbocycles. The quantitative estimate of drug-likeness (QED) is 0.744. The number of allylic oxidation sites excluding steroid dienone is 1. The average Bonchev–Trinajstić information content (AvgIpc) is 2.50. The van der Waals surface area contributed by atoms with E-state index in [1.54, 1.807) is 20.8 Å². The van der Waals surface area contributed by atoms with E-state index in [0.717, 1.165) is 0 Å². The van der Waals surface area contributed by atoms with Crippen molar-refractivity contribution in [2.45, 2.75) is 26.4 Å². The molecule has 0 bridgehead atoms. The fraction of sp³-hybridized carbons (Fsp3) is 0.500. The molecule has 1 N–H and O–H groups in total. The Bertz CT molecular complexity index is 457. The predicted molar refractivity (Wildman–Crippen MR) is 66.9 cm³/mol. The first-order valence-electron chi connectivity index (χ1n) is 5.38. The molecule has 1 unspecified atom stereocenters. The average molecular weight is 252 g/mol. The molecule has 0 aromatic heterocycles. The molecule has 0 fully saturated rings. The van der Waals surface area contributed by atoms with Gasteiger partial charge in [0.15, 0.2) is 0 Å². The number of carbonyl (C=O) groups excluding carboxylic acids is 1. The number of carboxylic acids is 1. The highest BCUT2D eigenvalue weighted by Gasteiger charge is 2.49. The van der Waals surface area contributed by atoms with Crippen molar-refractivity contribution in [3.05, 3.63) is 12.2 Å². The SMILES string of the molecule is COC(=O)C1=NC(C(=O)O)(C(C)(C)C)N=CC=C1. The summed E-state index contributed by atoms with van der Waals surface area (Å²) in [4.78, 5) is 31.0. The molecule has 1 aliphatic heterocycles. The second-order valence-corrected chi connectivity index (χ2v) is 4.85. The van der Waals surface area contributed by atoms with Crippen LogP contribution in [0.15, 0.2) is 22.1 Å². The summed E-state index contributed by atoms with van der Waals surface area (Å²) in [6.45, 7) is 5.09. The van der Waals surface area contributed by atoms with Gasteiger partial charge >= 0.3 is 11.9 Å². The van der Waals surface area contributed by atoms with Crippen molar-refractivity contribution >= 4 is 23.9 Å². The molecule has 0 saturated carbocycles. The first kappa shape index (κ1) is 14.1. The number of aliphatic imine (C=N–C) groups is 2. The zero-order chi connectivity index (χ0) is 14.0. The van der Waals surface area contributed by atoms with Crippen LogP contribution in [0, 0.1) is 5.41 Å². The van der Waals surface area contributed by atoms with Crippen LogP contribution < -0.4 is 0 Å². The molecule has 1 heterocycles. The smallest absolute Gasteiger partial charge is 0.356 e. The second-order valence-electron chi connectivity index (χ2n) is 4.85. The number of ether oxygens (including phenoxy) is 1. The molecule has 1 aliphatic rings. The number of hydrogen-bond acceptors (Lipinski definition) is 5. The van der Waals surface area contributed by atoms with E-state index in [1.165, 1.54) is 25.5 Å². The third-order valence-electron chi connectivity index (χ3n) is 2.62. The molecule has 0 spiro atoms. The fourth-order valence-corrected chi connectivity index (χ4v) is 1.53. The topological polar surface area (TPSA) is 88.3 Å². The Hall–Kier alpha value is -1.98. The zero-order valence-electron chi connectivity index (χ0n) is 10.8. The van der Waals surface area contributed by atoms with Crippen LogP contribution in [0.5, 0.6) is 0 Å². The first-order chi connectivity index (χ1) is 8.24. The third-order valence-corrected chi connectivity index (χ3v) is 2.62. The lowest BCUT2D eigenvalue weighted by Crippen LogP contribution is -2.47. The van der Waals surface area contributed by atoms with Crippen LogP contribution in [0.25, 0.3) is 0 Å². The monoisotopic (exact) mass is 252 g/mol. The first-order valence-corrected chi connectivity index (χ1v) is 5.38. The van der Waals surface area contributed by atoms with Crippen molar-refractivity contribution < 1.29 is 19.4 Å². The highest BCUT2D eigenvalue weighted by molar-refractivity contribution is 6.42. The number of hydrogen-bond donors (Lipinski definition) is 1. The van der Waals surface area contributed by atoms with Gasteiger partial charge in [-0.3, -0.25) is 4.99 Å². The van der Waals surface area contributed by atoms with Gasteiger partial charge in [0.1, 0.15) is 5.71 Å². The lowest BCUT2D eigenvalue weighted by atomic mass is 9.81. The van der Waals surface area contributed by atoms with Crippen molar-refractivity contribution in [2.24, 2.45) is 15.4 Å². The van der Waals surface area contributed by atoms with Crippen molar-refractivity contribution in [2.75, 3.05) is 7.11 Å². The Balaban J connectivity index is 3.43. The van der Waals surface area contributed by atoms with E-state index in [9.17, 15) is 14.7 Å². The summed E-state index contributed by atoms with van der Waals surface area (Å²) >= 11 is 0. The second kappa shape index (κ2) is 4.72. The molecule has 6 nitrogen and oxygen atoms in total. The maximum Gasteiger partial charge on any atom is 0.356 e. The van der Waals surface area contributed by atoms with Gasteiger partial charge in [0.05, 0.1) is 7.11 Å². The lowest BCUT2D eigenvalue weighted by molar-refractivity contribution is -0.147. The predicted octanol–water partition coefficient (Wildman–Crippen LogP) is 1.07. The van der Waals surface area contributed by atoms with Gasteiger partial charge in [-0.2, -0.15) is 0 Å². The summed E-state index contributed by atoms with van der Waals surface area (Å²) in [6, 6.07) is 0. The molecule has 0 amide bonds. The van der Waals surface area contributed by atoms with E-state index in [0.29, 0.717) is 0 Å². The van der Waals surface area contributed by atoms with Crippen LogP contribution in [0.4, 0.5) is 0 Å². The standard InChI is InChI=1S/C12H16N2O4/c1-11(2,3)12(10(16)17)13-7-5-6-8(14-12)9(15)18-4/h5-7H,1-4H3,(H,16,17). The summed E-state index contributed by atoms with van der Waals surface area (Å²) in [5.41, 5.74) is -2.59. The Kier molecular flexibility index (Phi) is 3.69. The number of nitrogens with zero attached hydrogens (tertiary/aromatic N) is 2. The lowest BCUT2D eigenvalue weighted by Gasteiger charge is -2.33. The van der Waals surface area contributed by atoms with Gasteiger partial charge in [-0.15, -0.1) is 0 Å². The summed E-state index contributed by atoms with van der Waals surface area (Å²) < 4.78 is 4.56.